The zero-order chi connectivity index (χ0) is 22.1. The SMILES string of the molecule is O=C(Nc1ccc(S(=O)(=O)N2CCC(c3nc4ccccc4s3)CC2)cc1)c1ccco1. The van der Waals surface area contributed by atoms with Crippen molar-refractivity contribution < 1.29 is 17.6 Å². The summed E-state index contributed by atoms with van der Waals surface area (Å²) < 4.78 is 34.0. The standard InChI is InChI=1S/C23H21N3O4S2/c27-22(20-5-3-15-30-20)24-17-7-9-18(10-8-17)32(28,29)26-13-11-16(12-14-26)23-25-19-4-1-2-6-21(19)31-23/h1-10,15-16H,11-14H2,(H,24,27). The maximum absolute atomic E-state index is 13.1. The van der Waals surface area contributed by atoms with Gasteiger partial charge in [0.1, 0.15) is 0 Å². The second kappa shape index (κ2) is 8.50. The highest BCUT2D eigenvalue weighted by Crippen LogP contribution is 2.35. The molecule has 5 rings (SSSR count). The zero-order valence-corrected chi connectivity index (χ0v) is 18.7. The number of rotatable bonds is 5. The second-order valence-electron chi connectivity index (χ2n) is 7.65. The third kappa shape index (κ3) is 4.06. The van der Waals surface area contributed by atoms with Crippen LogP contribution in [0.25, 0.3) is 10.2 Å². The topological polar surface area (TPSA) is 92.5 Å². The van der Waals surface area contributed by atoms with E-state index in [9.17, 15) is 13.2 Å². The summed E-state index contributed by atoms with van der Waals surface area (Å²) in [5, 5.41) is 3.77. The number of hydrogen-bond acceptors (Lipinski definition) is 6. The van der Waals surface area contributed by atoms with Crippen molar-refractivity contribution in [3.63, 3.8) is 0 Å². The van der Waals surface area contributed by atoms with Crippen molar-refractivity contribution in [2.75, 3.05) is 18.4 Å². The van der Waals surface area contributed by atoms with Crippen molar-refractivity contribution in [3.8, 4) is 0 Å². The third-order valence-electron chi connectivity index (χ3n) is 5.61. The lowest BCUT2D eigenvalue weighted by atomic mass is 9.99. The van der Waals surface area contributed by atoms with Crippen LogP contribution in [0.15, 0.2) is 76.2 Å². The molecule has 1 aliphatic heterocycles. The molecule has 0 radical (unpaired) electrons. The minimum absolute atomic E-state index is 0.192. The number of furan rings is 1. The fourth-order valence-electron chi connectivity index (χ4n) is 3.87. The fourth-order valence-corrected chi connectivity index (χ4v) is 6.47. The number of nitrogens with zero attached hydrogens (tertiary/aromatic N) is 2. The van der Waals surface area contributed by atoms with Crippen LogP contribution in [0, 0.1) is 0 Å². The molecule has 3 heterocycles. The van der Waals surface area contributed by atoms with Gasteiger partial charge in [0, 0.05) is 24.7 Å². The van der Waals surface area contributed by atoms with Crippen molar-refractivity contribution in [2.24, 2.45) is 0 Å². The first-order valence-corrected chi connectivity index (χ1v) is 12.6. The lowest BCUT2D eigenvalue weighted by Gasteiger charge is -2.30. The van der Waals surface area contributed by atoms with E-state index < -0.39 is 10.0 Å². The highest BCUT2D eigenvalue weighted by Gasteiger charge is 2.31. The largest absolute Gasteiger partial charge is 0.459 e. The molecule has 1 fully saturated rings. The molecule has 0 saturated carbocycles. The summed E-state index contributed by atoms with van der Waals surface area (Å²) in [7, 11) is -3.60. The van der Waals surface area contributed by atoms with Gasteiger partial charge in [-0.05, 0) is 61.4 Å². The van der Waals surface area contributed by atoms with E-state index in [0.29, 0.717) is 18.8 Å². The van der Waals surface area contributed by atoms with Crippen LogP contribution in [0.2, 0.25) is 0 Å². The first-order chi connectivity index (χ1) is 15.5. The molecule has 0 atom stereocenters. The van der Waals surface area contributed by atoms with Crippen molar-refractivity contribution in [3.05, 3.63) is 77.7 Å². The van der Waals surface area contributed by atoms with Gasteiger partial charge < -0.3 is 9.73 Å². The molecular weight excluding hydrogens is 446 g/mol. The summed E-state index contributed by atoms with van der Waals surface area (Å²) in [6, 6.07) is 17.5. The van der Waals surface area contributed by atoms with Gasteiger partial charge in [-0.15, -0.1) is 11.3 Å². The van der Waals surface area contributed by atoms with Crippen LogP contribution < -0.4 is 5.32 Å². The molecule has 2 aromatic heterocycles. The molecule has 2 aromatic carbocycles. The number of fused-ring (bicyclic) bond motifs is 1. The quantitative estimate of drug-likeness (QED) is 0.459. The van der Waals surface area contributed by atoms with Crippen LogP contribution in [-0.2, 0) is 10.0 Å². The Morgan fingerprint density at radius 1 is 1.03 bits per heavy atom. The van der Waals surface area contributed by atoms with Crippen LogP contribution in [0.1, 0.15) is 34.3 Å². The Balaban J connectivity index is 1.24. The van der Waals surface area contributed by atoms with E-state index >= 15 is 0 Å². The van der Waals surface area contributed by atoms with Gasteiger partial charge in [-0.25, -0.2) is 13.4 Å². The number of nitrogens with one attached hydrogen (secondary N) is 1. The summed E-state index contributed by atoms with van der Waals surface area (Å²) in [4.78, 5) is 17.0. The molecule has 0 unspecified atom stereocenters. The Labute approximate surface area is 189 Å². The Bertz CT molecular complexity index is 1300. The summed E-state index contributed by atoms with van der Waals surface area (Å²) in [6.45, 7) is 0.916. The van der Waals surface area contributed by atoms with Gasteiger partial charge in [-0.1, -0.05) is 12.1 Å². The average molecular weight is 468 g/mol. The van der Waals surface area contributed by atoms with Gasteiger partial charge in [0.25, 0.3) is 5.91 Å². The number of hydrogen-bond donors (Lipinski definition) is 1. The summed E-state index contributed by atoms with van der Waals surface area (Å²) in [5.74, 6) is 0.0817. The summed E-state index contributed by atoms with van der Waals surface area (Å²) in [6.07, 6.45) is 2.91. The number of anilines is 1. The minimum atomic E-state index is -3.60. The molecule has 164 valence electrons. The molecular formula is C23H21N3O4S2. The van der Waals surface area contributed by atoms with E-state index in [1.807, 2.05) is 18.2 Å². The van der Waals surface area contributed by atoms with Gasteiger partial charge in [0.05, 0.1) is 26.4 Å². The number of carbonyl (C=O) groups is 1. The predicted molar refractivity (Wildman–Crippen MR) is 123 cm³/mol. The number of para-hydroxylation sites is 1. The molecule has 0 bridgehead atoms. The first-order valence-electron chi connectivity index (χ1n) is 10.3. The normalized spacial score (nSPS) is 15.8. The van der Waals surface area contributed by atoms with Crippen LogP contribution in [0.5, 0.6) is 0 Å². The number of amides is 1. The smallest absolute Gasteiger partial charge is 0.291 e. The number of benzene rings is 2. The second-order valence-corrected chi connectivity index (χ2v) is 10.7. The molecule has 0 spiro atoms. The average Bonchev–Trinajstić information content (AvgIpc) is 3.50. The number of sulfonamides is 1. The minimum Gasteiger partial charge on any atom is -0.459 e. The summed E-state index contributed by atoms with van der Waals surface area (Å²) >= 11 is 1.69. The number of thiazole rings is 1. The molecule has 32 heavy (non-hydrogen) atoms. The molecule has 1 saturated heterocycles. The maximum Gasteiger partial charge on any atom is 0.291 e. The predicted octanol–water partition coefficient (Wildman–Crippen LogP) is 4.71. The molecule has 1 aliphatic rings. The molecule has 1 amide bonds. The fraction of sp³-hybridized carbons (Fsp3) is 0.217. The van der Waals surface area contributed by atoms with Crippen LogP contribution >= 0.6 is 11.3 Å². The van der Waals surface area contributed by atoms with Crippen LogP contribution in [-0.4, -0.2) is 36.7 Å². The Kier molecular flexibility index (Phi) is 5.54. The highest BCUT2D eigenvalue weighted by atomic mass is 32.2. The molecule has 0 aliphatic carbocycles. The van der Waals surface area contributed by atoms with E-state index in [1.54, 1.807) is 35.6 Å². The van der Waals surface area contributed by atoms with Gasteiger partial charge in [-0.3, -0.25) is 4.79 Å². The van der Waals surface area contributed by atoms with E-state index in [0.717, 1.165) is 28.1 Å². The van der Waals surface area contributed by atoms with Gasteiger partial charge >= 0.3 is 0 Å². The van der Waals surface area contributed by atoms with E-state index in [4.69, 9.17) is 9.40 Å². The monoisotopic (exact) mass is 467 g/mol. The van der Waals surface area contributed by atoms with Gasteiger partial charge in [0.15, 0.2) is 5.76 Å². The zero-order valence-electron chi connectivity index (χ0n) is 17.1. The van der Waals surface area contributed by atoms with E-state index in [2.05, 4.69) is 11.4 Å². The third-order valence-corrected chi connectivity index (χ3v) is 8.72. The van der Waals surface area contributed by atoms with Crippen molar-refractivity contribution in [1.82, 2.24) is 9.29 Å². The molecule has 9 heteroatoms. The molecule has 7 nitrogen and oxygen atoms in total. The van der Waals surface area contributed by atoms with Crippen molar-refractivity contribution >= 4 is 43.2 Å². The number of carbonyl (C=O) groups excluding carboxylic acids is 1. The van der Waals surface area contributed by atoms with Gasteiger partial charge in [-0.2, -0.15) is 4.31 Å². The Morgan fingerprint density at radius 3 is 2.47 bits per heavy atom. The lowest BCUT2D eigenvalue weighted by molar-refractivity contribution is 0.0996. The van der Waals surface area contributed by atoms with Crippen molar-refractivity contribution in [1.29, 1.82) is 0 Å². The Hall–Kier alpha value is -3.01. The van der Waals surface area contributed by atoms with Crippen molar-refractivity contribution in [2.45, 2.75) is 23.7 Å². The van der Waals surface area contributed by atoms with Crippen LogP contribution in [0.4, 0.5) is 5.69 Å². The maximum atomic E-state index is 13.1. The number of piperidine rings is 1. The number of aromatic nitrogens is 1. The Morgan fingerprint density at radius 2 is 1.78 bits per heavy atom. The first kappa shape index (κ1) is 20.9. The molecule has 4 aromatic rings. The highest BCUT2D eigenvalue weighted by molar-refractivity contribution is 7.89. The van der Waals surface area contributed by atoms with E-state index in [-0.39, 0.29) is 22.5 Å². The molecule has 1 N–H and O–H groups in total. The lowest BCUT2D eigenvalue weighted by Crippen LogP contribution is -2.37. The van der Waals surface area contributed by atoms with Gasteiger partial charge in [0.2, 0.25) is 10.0 Å². The summed E-state index contributed by atoms with van der Waals surface area (Å²) in [5.41, 5.74) is 1.50. The van der Waals surface area contributed by atoms with Crippen LogP contribution in [0.3, 0.4) is 0 Å². The van der Waals surface area contributed by atoms with E-state index in [1.165, 1.54) is 22.7 Å².